The fourth-order valence-electron chi connectivity index (χ4n) is 3.70. The Morgan fingerprint density at radius 3 is 0.974 bits per heavy atom. The molecular weight excluding hydrogens is 496 g/mol. The van der Waals surface area contributed by atoms with Crippen LogP contribution in [0.3, 0.4) is 0 Å². The van der Waals surface area contributed by atoms with E-state index < -0.39 is 5.91 Å². The number of rotatable bonds is 23. The highest BCUT2D eigenvalue weighted by Crippen LogP contribution is 2.09. The number of nitrogens with zero attached hydrogens (tertiary/aromatic N) is 4. The third-order valence-electron chi connectivity index (χ3n) is 6.11. The molecule has 0 aromatic carbocycles. The zero-order valence-corrected chi connectivity index (χ0v) is 23.4. The van der Waals surface area contributed by atoms with Crippen molar-refractivity contribution in [2.45, 2.75) is 117 Å². The second-order valence-electron chi connectivity index (χ2n) is 9.60. The van der Waals surface area contributed by atoms with Crippen LogP contribution in [0.4, 0.5) is 0 Å². The second kappa shape index (κ2) is 22.7. The van der Waals surface area contributed by atoms with Crippen LogP contribution in [-0.4, -0.2) is 90.9 Å². The molecule has 0 saturated heterocycles. The summed E-state index contributed by atoms with van der Waals surface area (Å²) in [5, 5.41) is 41.7. The van der Waals surface area contributed by atoms with E-state index in [0.717, 1.165) is 23.0 Å². The summed E-state index contributed by atoms with van der Waals surface area (Å²) in [7, 11) is 0. The standard InChI is InChI=1S/C26H50N4O8/c1-3-5-15-23(31)28(36)20-12-7-10-17-25(33)30(38)22-14-8-11-18-26(34)29(37)21-13-6-9-16-24(32)27(35)19-4-2/h35-38H,3-22H2,1-2H3. The molecule has 0 unspecified atom stereocenters. The van der Waals surface area contributed by atoms with E-state index >= 15 is 0 Å². The quantitative estimate of drug-likeness (QED) is 0.0844. The van der Waals surface area contributed by atoms with Gasteiger partial charge >= 0.3 is 0 Å². The van der Waals surface area contributed by atoms with Crippen molar-refractivity contribution in [2.75, 3.05) is 26.2 Å². The Bertz CT molecular complexity index is 680. The Morgan fingerprint density at radius 1 is 0.395 bits per heavy atom. The summed E-state index contributed by atoms with van der Waals surface area (Å²) >= 11 is 0. The molecule has 0 bridgehead atoms. The van der Waals surface area contributed by atoms with Crippen molar-refractivity contribution in [2.24, 2.45) is 0 Å². The first-order valence-electron chi connectivity index (χ1n) is 14.1. The van der Waals surface area contributed by atoms with E-state index in [0.29, 0.717) is 87.3 Å². The molecule has 0 aliphatic rings. The summed E-state index contributed by atoms with van der Waals surface area (Å²) in [6, 6.07) is 0. The van der Waals surface area contributed by atoms with Gasteiger partial charge in [-0.3, -0.25) is 40.0 Å². The molecule has 12 nitrogen and oxygen atoms in total. The van der Waals surface area contributed by atoms with Gasteiger partial charge in [-0.2, -0.15) is 0 Å². The van der Waals surface area contributed by atoms with Gasteiger partial charge in [0.2, 0.25) is 23.6 Å². The van der Waals surface area contributed by atoms with Crippen molar-refractivity contribution in [3.63, 3.8) is 0 Å². The molecule has 0 spiro atoms. The third kappa shape index (κ3) is 18.1. The SMILES string of the molecule is CCCCC(=O)N(O)CCCCCC(=O)N(O)CCCCCC(=O)N(O)CCCCCC(=O)N(O)CCC. The van der Waals surface area contributed by atoms with Crippen LogP contribution in [0.25, 0.3) is 0 Å². The van der Waals surface area contributed by atoms with Crippen LogP contribution < -0.4 is 0 Å². The molecular formula is C26H50N4O8. The molecule has 0 aliphatic heterocycles. The molecule has 4 N–H and O–H groups in total. The van der Waals surface area contributed by atoms with E-state index in [-0.39, 0.29) is 56.6 Å². The van der Waals surface area contributed by atoms with Gasteiger partial charge in [0.05, 0.1) is 0 Å². The van der Waals surface area contributed by atoms with Crippen molar-refractivity contribution in [1.29, 1.82) is 0 Å². The maximum Gasteiger partial charge on any atom is 0.245 e. The predicted molar refractivity (Wildman–Crippen MR) is 139 cm³/mol. The zero-order chi connectivity index (χ0) is 28.8. The fraction of sp³-hybridized carbons (Fsp3) is 0.846. The number of carbonyl (C=O) groups excluding carboxylic acids is 4. The highest BCUT2D eigenvalue weighted by Gasteiger charge is 2.14. The number of unbranched alkanes of at least 4 members (excludes halogenated alkanes) is 7. The van der Waals surface area contributed by atoms with Gasteiger partial charge < -0.3 is 0 Å². The van der Waals surface area contributed by atoms with Crippen molar-refractivity contribution >= 4 is 23.6 Å². The number of carbonyl (C=O) groups is 4. The Labute approximate surface area is 227 Å². The molecule has 222 valence electrons. The Balaban J connectivity index is 3.79. The zero-order valence-electron chi connectivity index (χ0n) is 23.4. The van der Waals surface area contributed by atoms with Gasteiger partial charge in [-0.05, 0) is 51.4 Å². The van der Waals surface area contributed by atoms with Gasteiger partial charge in [0.25, 0.3) is 0 Å². The Hall–Kier alpha value is -2.28. The Kier molecular flexibility index (Phi) is 21.3. The van der Waals surface area contributed by atoms with E-state index in [2.05, 4.69) is 0 Å². The summed E-state index contributed by atoms with van der Waals surface area (Å²) in [6.07, 6.45) is 8.37. The average Bonchev–Trinajstić information content (AvgIpc) is 2.90. The lowest BCUT2D eigenvalue weighted by Gasteiger charge is -2.17. The number of hydroxylamine groups is 8. The van der Waals surface area contributed by atoms with Gasteiger partial charge in [0.15, 0.2) is 0 Å². The molecule has 0 rings (SSSR count). The van der Waals surface area contributed by atoms with E-state index in [1.165, 1.54) is 0 Å². The first-order chi connectivity index (χ1) is 18.1. The largest absolute Gasteiger partial charge is 0.286 e. The highest BCUT2D eigenvalue weighted by molar-refractivity contribution is 5.76. The lowest BCUT2D eigenvalue weighted by Crippen LogP contribution is -2.29. The molecule has 4 amide bonds. The van der Waals surface area contributed by atoms with Crippen LogP contribution >= 0.6 is 0 Å². The minimum absolute atomic E-state index is 0.160. The topological polar surface area (TPSA) is 162 Å². The first kappa shape index (κ1) is 35.7. The van der Waals surface area contributed by atoms with E-state index in [9.17, 15) is 40.0 Å². The van der Waals surface area contributed by atoms with Gasteiger partial charge in [-0.25, -0.2) is 20.3 Å². The van der Waals surface area contributed by atoms with Crippen LogP contribution in [-0.2, 0) is 19.2 Å². The monoisotopic (exact) mass is 546 g/mol. The van der Waals surface area contributed by atoms with Crippen LogP contribution in [0.2, 0.25) is 0 Å². The van der Waals surface area contributed by atoms with Gasteiger partial charge in [-0.1, -0.05) is 39.5 Å². The van der Waals surface area contributed by atoms with E-state index in [1.54, 1.807) is 0 Å². The first-order valence-corrected chi connectivity index (χ1v) is 14.1. The smallest absolute Gasteiger partial charge is 0.245 e. The number of hydrogen-bond donors (Lipinski definition) is 4. The van der Waals surface area contributed by atoms with Crippen molar-refractivity contribution in [3.8, 4) is 0 Å². The second-order valence-corrected chi connectivity index (χ2v) is 9.60. The fourth-order valence-corrected chi connectivity index (χ4v) is 3.70. The van der Waals surface area contributed by atoms with Crippen LogP contribution in [0.1, 0.15) is 117 Å². The Morgan fingerprint density at radius 2 is 0.684 bits per heavy atom. The van der Waals surface area contributed by atoms with Crippen molar-refractivity contribution in [3.05, 3.63) is 0 Å². The maximum atomic E-state index is 12.0. The number of hydrogen-bond acceptors (Lipinski definition) is 8. The van der Waals surface area contributed by atoms with Gasteiger partial charge in [0.1, 0.15) is 0 Å². The molecule has 0 saturated carbocycles. The molecule has 0 radical (unpaired) electrons. The molecule has 0 fully saturated rings. The van der Waals surface area contributed by atoms with Crippen LogP contribution in [0.15, 0.2) is 0 Å². The van der Waals surface area contributed by atoms with Crippen LogP contribution in [0.5, 0.6) is 0 Å². The summed E-state index contributed by atoms with van der Waals surface area (Å²) in [4.78, 5) is 47.3. The third-order valence-corrected chi connectivity index (χ3v) is 6.11. The summed E-state index contributed by atoms with van der Waals surface area (Å²) in [6.45, 7) is 4.71. The number of amides is 4. The predicted octanol–water partition coefficient (Wildman–Crippen LogP) is 4.14. The van der Waals surface area contributed by atoms with Gasteiger partial charge in [-0.15, -0.1) is 0 Å². The minimum Gasteiger partial charge on any atom is -0.286 e. The normalized spacial score (nSPS) is 10.8. The van der Waals surface area contributed by atoms with Gasteiger partial charge in [0, 0.05) is 51.9 Å². The maximum absolute atomic E-state index is 12.0. The molecule has 0 heterocycles. The summed E-state index contributed by atoms with van der Waals surface area (Å²) in [5.74, 6) is -1.40. The molecule has 0 aliphatic carbocycles. The highest BCUT2D eigenvalue weighted by atomic mass is 16.5. The van der Waals surface area contributed by atoms with Crippen molar-refractivity contribution < 1.29 is 40.0 Å². The van der Waals surface area contributed by atoms with Crippen molar-refractivity contribution in [1.82, 2.24) is 20.3 Å². The van der Waals surface area contributed by atoms with Crippen LogP contribution in [0, 0.1) is 0 Å². The minimum atomic E-state index is -0.393. The summed E-state index contributed by atoms with van der Waals surface area (Å²) < 4.78 is 0. The molecule has 38 heavy (non-hydrogen) atoms. The van der Waals surface area contributed by atoms with E-state index in [1.807, 2.05) is 13.8 Å². The molecule has 0 atom stereocenters. The molecule has 0 aromatic rings. The molecule has 0 aromatic heterocycles. The lowest BCUT2D eigenvalue weighted by atomic mass is 10.1. The summed E-state index contributed by atoms with van der Waals surface area (Å²) in [5.41, 5.74) is 0. The lowest BCUT2D eigenvalue weighted by molar-refractivity contribution is -0.167. The van der Waals surface area contributed by atoms with E-state index in [4.69, 9.17) is 0 Å². The average molecular weight is 547 g/mol. The molecule has 12 heteroatoms.